The molecule has 5 heteroatoms. The lowest BCUT2D eigenvalue weighted by Gasteiger charge is -2.26. The molecule has 0 bridgehead atoms. The first-order valence-electron chi connectivity index (χ1n) is 16.0. The average molecular weight is 651 g/mol. The molecule has 3 aromatic heterocycles. The molecule has 226 valence electrons. The van der Waals surface area contributed by atoms with Crippen molar-refractivity contribution in [3.05, 3.63) is 158 Å². The third kappa shape index (κ3) is 4.36. The van der Waals surface area contributed by atoms with E-state index in [0.717, 1.165) is 39.1 Å². The van der Waals surface area contributed by atoms with Crippen LogP contribution in [0, 0.1) is 0 Å². The van der Waals surface area contributed by atoms with Gasteiger partial charge in [0.05, 0.1) is 10.4 Å². The van der Waals surface area contributed by atoms with E-state index in [9.17, 15) is 0 Å². The maximum Gasteiger partial charge on any atom is 0.227 e. The smallest absolute Gasteiger partial charge is 0.227 e. The van der Waals surface area contributed by atoms with Crippen molar-refractivity contribution < 1.29 is 4.42 Å². The maximum atomic E-state index is 6.60. The highest BCUT2D eigenvalue weighted by Crippen LogP contribution is 2.49. The van der Waals surface area contributed by atoms with Crippen LogP contribution < -0.4 is 4.90 Å². The zero-order valence-electron chi connectivity index (χ0n) is 25.6. The zero-order chi connectivity index (χ0) is 31.6. The molecule has 3 heterocycles. The third-order valence-electron chi connectivity index (χ3n) is 9.10. The Morgan fingerprint density at radius 3 is 1.85 bits per heavy atom. The summed E-state index contributed by atoms with van der Waals surface area (Å²) in [6.07, 6.45) is 0. The molecule has 7 aromatic carbocycles. The molecular weight excluding hydrogens is 625 g/mol. The highest BCUT2D eigenvalue weighted by atomic mass is 32.1. The van der Waals surface area contributed by atoms with Gasteiger partial charge in [0.2, 0.25) is 5.89 Å². The van der Waals surface area contributed by atoms with Crippen LogP contribution in [0.3, 0.4) is 0 Å². The number of fused-ring (bicyclic) bond motifs is 8. The van der Waals surface area contributed by atoms with Gasteiger partial charge in [0.1, 0.15) is 5.52 Å². The lowest BCUT2D eigenvalue weighted by molar-refractivity contribution is 0.620. The van der Waals surface area contributed by atoms with Crippen LogP contribution in [-0.4, -0.2) is 4.98 Å². The molecule has 48 heavy (non-hydrogen) atoms. The van der Waals surface area contributed by atoms with E-state index in [1.54, 1.807) is 0 Å². The van der Waals surface area contributed by atoms with Gasteiger partial charge >= 0.3 is 0 Å². The Balaban J connectivity index is 1.26. The molecule has 10 rings (SSSR count). The number of rotatable bonds is 5. The van der Waals surface area contributed by atoms with Gasteiger partial charge in [-0.05, 0) is 65.7 Å². The predicted molar refractivity (Wildman–Crippen MR) is 205 cm³/mol. The molecule has 0 N–H and O–H groups in total. The number of hydrogen-bond acceptors (Lipinski definition) is 5. The lowest BCUT2D eigenvalue weighted by atomic mass is 10.0. The van der Waals surface area contributed by atoms with Crippen molar-refractivity contribution in [2.24, 2.45) is 0 Å². The monoisotopic (exact) mass is 650 g/mol. The van der Waals surface area contributed by atoms with Gasteiger partial charge in [-0.1, -0.05) is 97.1 Å². The standard InChI is InChI=1S/C43H26N2OS2/c1-3-11-27(12-4-1)28-19-21-30(22-20-28)45(31-23-24-39-34(25-31)32-15-7-9-17-37(32)47-39)35-26-36-41(44-43(46-36)29-13-5-2-6-14-29)40-33-16-8-10-18-38(33)48-42(35)40/h1-26H. The van der Waals surface area contributed by atoms with Crippen molar-refractivity contribution in [3.8, 4) is 22.6 Å². The van der Waals surface area contributed by atoms with E-state index in [1.165, 1.54) is 46.1 Å². The van der Waals surface area contributed by atoms with Crippen LogP contribution in [0.25, 0.3) is 74.0 Å². The minimum absolute atomic E-state index is 0.629. The quantitative estimate of drug-likeness (QED) is 0.186. The summed E-state index contributed by atoms with van der Waals surface area (Å²) in [5.41, 5.74) is 8.26. The van der Waals surface area contributed by atoms with Crippen LogP contribution in [0.1, 0.15) is 0 Å². The highest BCUT2D eigenvalue weighted by molar-refractivity contribution is 7.26. The van der Waals surface area contributed by atoms with Crippen LogP contribution in [0.15, 0.2) is 162 Å². The molecule has 0 aliphatic heterocycles. The maximum absolute atomic E-state index is 6.60. The Bertz CT molecular complexity index is 2780. The van der Waals surface area contributed by atoms with E-state index in [2.05, 4.69) is 144 Å². The summed E-state index contributed by atoms with van der Waals surface area (Å²) in [4.78, 5) is 7.51. The normalized spacial score (nSPS) is 11.8. The fourth-order valence-electron chi connectivity index (χ4n) is 6.84. The van der Waals surface area contributed by atoms with Crippen LogP contribution in [0.4, 0.5) is 17.1 Å². The summed E-state index contributed by atoms with van der Waals surface area (Å²) >= 11 is 3.65. The summed E-state index contributed by atoms with van der Waals surface area (Å²) < 4.78 is 11.6. The largest absolute Gasteiger partial charge is 0.436 e. The Morgan fingerprint density at radius 2 is 1.08 bits per heavy atom. The molecule has 0 radical (unpaired) electrons. The Labute approximate surface area is 284 Å². The minimum Gasteiger partial charge on any atom is -0.436 e. The summed E-state index contributed by atoms with van der Waals surface area (Å²) in [6.45, 7) is 0. The highest BCUT2D eigenvalue weighted by Gasteiger charge is 2.24. The molecule has 3 nitrogen and oxygen atoms in total. The van der Waals surface area contributed by atoms with Crippen molar-refractivity contribution in [2.75, 3.05) is 4.90 Å². The predicted octanol–water partition coefficient (Wildman–Crippen LogP) is 13.4. The third-order valence-corrected chi connectivity index (χ3v) is 11.4. The summed E-state index contributed by atoms with van der Waals surface area (Å²) in [5.74, 6) is 0.629. The fourth-order valence-corrected chi connectivity index (χ4v) is 9.14. The molecule has 10 aromatic rings. The van der Waals surface area contributed by atoms with E-state index in [1.807, 2.05) is 40.9 Å². The number of benzene rings is 7. The molecular formula is C43H26N2OS2. The minimum atomic E-state index is 0.629. The van der Waals surface area contributed by atoms with Crippen LogP contribution in [-0.2, 0) is 0 Å². The molecule has 0 amide bonds. The van der Waals surface area contributed by atoms with E-state index in [4.69, 9.17) is 9.40 Å². The molecule has 0 spiro atoms. The second kappa shape index (κ2) is 10.9. The van der Waals surface area contributed by atoms with Gasteiger partial charge in [-0.25, -0.2) is 4.98 Å². The first-order valence-corrected chi connectivity index (χ1v) is 17.6. The Kier molecular flexibility index (Phi) is 6.22. The number of nitrogens with zero attached hydrogens (tertiary/aromatic N) is 2. The molecule has 0 saturated heterocycles. The molecule has 0 aliphatic rings. The topological polar surface area (TPSA) is 29.3 Å². The van der Waals surface area contributed by atoms with Crippen molar-refractivity contribution in [1.29, 1.82) is 0 Å². The molecule has 0 fully saturated rings. The SMILES string of the molecule is c1ccc(-c2ccc(N(c3ccc4sc5ccccc5c4c3)c3cc4oc(-c5ccccc5)nc4c4c3sc3ccccc34)cc2)cc1. The van der Waals surface area contributed by atoms with Crippen molar-refractivity contribution >= 4 is 91.2 Å². The average Bonchev–Trinajstić information content (AvgIpc) is 3.86. The van der Waals surface area contributed by atoms with E-state index in [-0.39, 0.29) is 0 Å². The first-order chi connectivity index (χ1) is 23.8. The summed E-state index contributed by atoms with van der Waals surface area (Å²) in [5, 5.41) is 4.86. The van der Waals surface area contributed by atoms with Gasteiger partial charge in [0, 0.05) is 58.6 Å². The van der Waals surface area contributed by atoms with Crippen molar-refractivity contribution in [3.63, 3.8) is 0 Å². The number of thiophene rings is 2. The van der Waals surface area contributed by atoms with Gasteiger partial charge in [-0.2, -0.15) is 0 Å². The van der Waals surface area contributed by atoms with E-state index >= 15 is 0 Å². The Hall–Kier alpha value is -5.75. The lowest BCUT2D eigenvalue weighted by Crippen LogP contribution is -2.10. The number of hydrogen-bond donors (Lipinski definition) is 0. The van der Waals surface area contributed by atoms with Crippen molar-refractivity contribution in [2.45, 2.75) is 0 Å². The summed E-state index contributed by atoms with van der Waals surface area (Å²) in [7, 11) is 0. The molecule has 0 aliphatic carbocycles. The van der Waals surface area contributed by atoms with E-state index < -0.39 is 0 Å². The number of oxazole rings is 1. The second-order valence-electron chi connectivity index (χ2n) is 12.0. The van der Waals surface area contributed by atoms with Crippen LogP contribution >= 0.6 is 22.7 Å². The van der Waals surface area contributed by atoms with Crippen molar-refractivity contribution in [1.82, 2.24) is 4.98 Å². The first kappa shape index (κ1) is 27.4. The number of aromatic nitrogens is 1. The van der Waals surface area contributed by atoms with Gasteiger partial charge in [-0.15, -0.1) is 22.7 Å². The van der Waals surface area contributed by atoms with Crippen LogP contribution in [0.5, 0.6) is 0 Å². The molecule has 0 atom stereocenters. The van der Waals surface area contributed by atoms with Gasteiger partial charge < -0.3 is 9.32 Å². The zero-order valence-corrected chi connectivity index (χ0v) is 27.3. The molecule has 0 saturated carbocycles. The van der Waals surface area contributed by atoms with Gasteiger partial charge in [0.25, 0.3) is 0 Å². The Morgan fingerprint density at radius 1 is 0.479 bits per heavy atom. The summed E-state index contributed by atoms with van der Waals surface area (Å²) in [6, 6.07) is 56.0. The van der Waals surface area contributed by atoms with Crippen LogP contribution in [0.2, 0.25) is 0 Å². The fraction of sp³-hybridized carbons (Fsp3) is 0. The number of anilines is 3. The van der Waals surface area contributed by atoms with Gasteiger partial charge in [0.15, 0.2) is 5.58 Å². The van der Waals surface area contributed by atoms with E-state index in [0.29, 0.717) is 5.89 Å². The molecule has 0 unspecified atom stereocenters. The van der Waals surface area contributed by atoms with Gasteiger partial charge in [-0.3, -0.25) is 0 Å². The second-order valence-corrected chi connectivity index (χ2v) is 14.1.